The summed E-state index contributed by atoms with van der Waals surface area (Å²) in [6.07, 6.45) is 6.53. The van der Waals surface area contributed by atoms with Crippen molar-refractivity contribution in [2.45, 2.75) is 57.5 Å². The van der Waals surface area contributed by atoms with Crippen LogP contribution in [0.4, 0.5) is 0 Å². The number of rotatable bonds is 4. The van der Waals surface area contributed by atoms with Crippen LogP contribution < -0.4 is 16.4 Å². The summed E-state index contributed by atoms with van der Waals surface area (Å²) >= 11 is 0. The second-order valence-electron chi connectivity index (χ2n) is 6.81. The monoisotopic (exact) mass is 320 g/mol. The van der Waals surface area contributed by atoms with Gasteiger partial charge in [-0.2, -0.15) is 0 Å². The van der Waals surface area contributed by atoms with Gasteiger partial charge in [0.25, 0.3) is 5.91 Å². The van der Waals surface area contributed by atoms with Gasteiger partial charge >= 0.3 is 0 Å². The molecule has 1 saturated heterocycles. The Balaban J connectivity index is 1.68. The molecule has 2 aliphatic rings. The van der Waals surface area contributed by atoms with Crippen LogP contribution in [-0.4, -0.2) is 46.6 Å². The molecule has 1 aliphatic heterocycles. The third-order valence-electron chi connectivity index (χ3n) is 5.33. The van der Waals surface area contributed by atoms with E-state index in [4.69, 9.17) is 5.73 Å². The molecule has 23 heavy (non-hydrogen) atoms. The Morgan fingerprint density at radius 1 is 1.30 bits per heavy atom. The summed E-state index contributed by atoms with van der Waals surface area (Å²) in [5.74, 6) is 0.278. The zero-order valence-electron chi connectivity index (χ0n) is 13.9. The SMILES string of the molecule is Cc1c(C(=O)N[C@@H]2CCCC[C@@H]2CN)nnn1C1CCNCC1. The fourth-order valence-electron chi connectivity index (χ4n) is 3.87. The summed E-state index contributed by atoms with van der Waals surface area (Å²) in [7, 11) is 0. The zero-order valence-corrected chi connectivity index (χ0v) is 13.9. The van der Waals surface area contributed by atoms with E-state index in [1.807, 2.05) is 11.6 Å². The van der Waals surface area contributed by atoms with Crippen molar-refractivity contribution in [1.82, 2.24) is 25.6 Å². The number of hydrogen-bond donors (Lipinski definition) is 3. The topological polar surface area (TPSA) is 97.9 Å². The van der Waals surface area contributed by atoms with Crippen LogP contribution in [0.25, 0.3) is 0 Å². The van der Waals surface area contributed by atoms with Gasteiger partial charge in [-0.3, -0.25) is 4.79 Å². The number of nitrogens with two attached hydrogens (primary N) is 1. The molecule has 0 unspecified atom stereocenters. The first kappa shape index (κ1) is 16.4. The van der Waals surface area contributed by atoms with E-state index < -0.39 is 0 Å². The van der Waals surface area contributed by atoms with Crippen molar-refractivity contribution in [2.75, 3.05) is 19.6 Å². The number of carbonyl (C=O) groups excluding carboxylic acids is 1. The summed E-state index contributed by atoms with van der Waals surface area (Å²) in [5, 5.41) is 14.9. The number of nitrogens with zero attached hydrogens (tertiary/aromatic N) is 3. The molecule has 1 amide bonds. The summed E-state index contributed by atoms with van der Waals surface area (Å²) in [5.41, 5.74) is 7.18. The predicted molar refractivity (Wildman–Crippen MR) is 88.2 cm³/mol. The maximum Gasteiger partial charge on any atom is 0.273 e. The lowest BCUT2D eigenvalue weighted by molar-refractivity contribution is 0.0902. The average molecular weight is 320 g/mol. The number of nitrogens with one attached hydrogen (secondary N) is 2. The van der Waals surface area contributed by atoms with Gasteiger partial charge in [0.2, 0.25) is 0 Å². The van der Waals surface area contributed by atoms with E-state index in [9.17, 15) is 4.79 Å². The fraction of sp³-hybridized carbons (Fsp3) is 0.812. The van der Waals surface area contributed by atoms with Gasteiger partial charge in [0.15, 0.2) is 5.69 Å². The number of amides is 1. The van der Waals surface area contributed by atoms with Crippen LogP contribution in [0.5, 0.6) is 0 Å². The maximum atomic E-state index is 12.6. The lowest BCUT2D eigenvalue weighted by atomic mass is 9.84. The van der Waals surface area contributed by atoms with Crippen molar-refractivity contribution in [3.63, 3.8) is 0 Å². The van der Waals surface area contributed by atoms with Crippen LogP contribution >= 0.6 is 0 Å². The van der Waals surface area contributed by atoms with Crippen LogP contribution in [0.15, 0.2) is 0 Å². The van der Waals surface area contributed by atoms with Gasteiger partial charge in [-0.15, -0.1) is 5.10 Å². The second-order valence-corrected chi connectivity index (χ2v) is 6.81. The number of carbonyl (C=O) groups is 1. The molecular weight excluding hydrogens is 292 g/mol. The minimum absolute atomic E-state index is 0.104. The normalized spacial score (nSPS) is 26.2. The van der Waals surface area contributed by atoms with E-state index in [1.54, 1.807) is 0 Å². The van der Waals surface area contributed by atoms with Gasteiger partial charge in [-0.25, -0.2) is 4.68 Å². The van der Waals surface area contributed by atoms with Gasteiger partial charge in [0.05, 0.1) is 11.7 Å². The van der Waals surface area contributed by atoms with Gasteiger partial charge in [-0.05, 0) is 58.2 Å². The molecule has 2 atom stereocenters. The lowest BCUT2D eigenvalue weighted by Gasteiger charge is -2.31. The molecule has 1 aromatic heterocycles. The van der Waals surface area contributed by atoms with Crippen molar-refractivity contribution in [3.05, 3.63) is 11.4 Å². The standard InChI is InChI=1S/C16H28N6O/c1-11-15(20-21-22(11)13-6-8-18-9-7-13)16(23)19-14-5-3-2-4-12(14)10-17/h12-14,18H,2-10,17H2,1H3,(H,19,23)/t12-,14-/m1/s1. The highest BCUT2D eigenvalue weighted by molar-refractivity contribution is 5.93. The highest BCUT2D eigenvalue weighted by Gasteiger charge is 2.28. The maximum absolute atomic E-state index is 12.6. The van der Waals surface area contributed by atoms with Crippen molar-refractivity contribution < 1.29 is 4.79 Å². The van der Waals surface area contributed by atoms with E-state index >= 15 is 0 Å². The largest absolute Gasteiger partial charge is 0.348 e. The molecule has 3 rings (SSSR count). The Morgan fingerprint density at radius 3 is 2.78 bits per heavy atom. The molecule has 7 nitrogen and oxygen atoms in total. The Morgan fingerprint density at radius 2 is 2.04 bits per heavy atom. The van der Waals surface area contributed by atoms with Crippen LogP contribution in [0.2, 0.25) is 0 Å². The van der Waals surface area contributed by atoms with Crippen molar-refractivity contribution >= 4 is 5.91 Å². The van der Waals surface area contributed by atoms with Gasteiger partial charge in [0.1, 0.15) is 0 Å². The zero-order chi connectivity index (χ0) is 16.2. The molecule has 0 spiro atoms. The first-order chi connectivity index (χ1) is 11.2. The van der Waals surface area contributed by atoms with Gasteiger partial charge in [-0.1, -0.05) is 18.1 Å². The Labute approximate surface area is 137 Å². The third kappa shape index (κ3) is 3.55. The highest BCUT2D eigenvalue weighted by Crippen LogP contribution is 2.24. The third-order valence-corrected chi connectivity index (χ3v) is 5.33. The summed E-state index contributed by atoms with van der Waals surface area (Å²) in [6.45, 7) is 4.56. The molecular formula is C16H28N6O. The Bertz CT molecular complexity index is 537. The lowest BCUT2D eigenvalue weighted by Crippen LogP contribution is -2.45. The molecule has 0 bridgehead atoms. The molecule has 2 heterocycles. The minimum Gasteiger partial charge on any atom is -0.348 e. The van der Waals surface area contributed by atoms with E-state index in [1.165, 1.54) is 6.42 Å². The summed E-state index contributed by atoms with van der Waals surface area (Å²) in [6, 6.07) is 0.515. The fourth-order valence-corrected chi connectivity index (χ4v) is 3.87. The molecule has 0 aromatic carbocycles. The molecule has 2 fully saturated rings. The molecule has 1 saturated carbocycles. The highest BCUT2D eigenvalue weighted by atomic mass is 16.2. The number of piperidine rings is 1. The van der Waals surface area contributed by atoms with E-state index in [2.05, 4.69) is 20.9 Å². The second kappa shape index (κ2) is 7.40. The Hall–Kier alpha value is -1.47. The van der Waals surface area contributed by atoms with Gasteiger partial charge in [0, 0.05) is 6.04 Å². The molecule has 4 N–H and O–H groups in total. The molecule has 128 valence electrons. The first-order valence-electron chi connectivity index (χ1n) is 8.84. The van der Waals surface area contributed by atoms with Crippen molar-refractivity contribution in [2.24, 2.45) is 11.7 Å². The van der Waals surface area contributed by atoms with Crippen LogP contribution in [0.1, 0.15) is 60.7 Å². The van der Waals surface area contributed by atoms with E-state index in [0.717, 1.165) is 50.9 Å². The Kier molecular flexibility index (Phi) is 5.27. The molecule has 1 aromatic rings. The van der Waals surface area contributed by atoms with Crippen LogP contribution in [0, 0.1) is 12.8 Å². The molecule has 0 radical (unpaired) electrons. The predicted octanol–water partition coefficient (Wildman–Crippen LogP) is 0.758. The van der Waals surface area contributed by atoms with E-state index in [-0.39, 0.29) is 11.9 Å². The smallest absolute Gasteiger partial charge is 0.273 e. The average Bonchev–Trinajstić information content (AvgIpc) is 2.98. The number of hydrogen-bond acceptors (Lipinski definition) is 5. The van der Waals surface area contributed by atoms with Crippen molar-refractivity contribution in [3.8, 4) is 0 Å². The number of aromatic nitrogens is 3. The van der Waals surface area contributed by atoms with Crippen LogP contribution in [0.3, 0.4) is 0 Å². The minimum atomic E-state index is -0.104. The summed E-state index contributed by atoms with van der Waals surface area (Å²) < 4.78 is 1.93. The summed E-state index contributed by atoms with van der Waals surface area (Å²) in [4.78, 5) is 12.6. The molecule has 7 heteroatoms. The molecule has 1 aliphatic carbocycles. The van der Waals surface area contributed by atoms with Crippen molar-refractivity contribution in [1.29, 1.82) is 0 Å². The van der Waals surface area contributed by atoms with Crippen LogP contribution in [-0.2, 0) is 0 Å². The van der Waals surface area contributed by atoms with Gasteiger partial charge < -0.3 is 16.4 Å². The van der Waals surface area contributed by atoms with E-state index in [0.29, 0.717) is 24.2 Å². The quantitative estimate of drug-likeness (QED) is 0.761. The first-order valence-corrected chi connectivity index (χ1v) is 8.84.